The highest BCUT2D eigenvalue weighted by Gasteiger charge is 2.42. The van der Waals surface area contributed by atoms with Gasteiger partial charge in [-0.15, -0.1) is 0 Å². The van der Waals surface area contributed by atoms with E-state index in [2.05, 4.69) is 15.9 Å². The Balaban J connectivity index is 2.01. The third kappa shape index (κ3) is 4.52. The number of nitrogens with zero attached hydrogens (tertiary/aromatic N) is 2. The van der Waals surface area contributed by atoms with Crippen molar-refractivity contribution in [3.63, 3.8) is 0 Å². The Bertz CT molecular complexity index is 1280. The predicted molar refractivity (Wildman–Crippen MR) is 129 cm³/mol. The van der Waals surface area contributed by atoms with E-state index >= 15 is 0 Å². The molecular weight excluding hydrogens is 533 g/mol. The van der Waals surface area contributed by atoms with Crippen LogP contribution in [-0.4, -0.2) is 25.4 Å². The molecule has 4 rings (SSSR count). The zero-order valence-electron chi connectivity index (χ0n) is 17.9. The summed E-state index contributed by atoms with van der Waals surface area (Å²) < 4.78 is 44.2. The van der Waals surface area contributed by atoms with Gasteiger partial charge in [0.25, 0.3) is 5.91 Å². The summed E-state index contributed by atoms with van der Waals surface area (Å²) in [4.78, 5) is 14.1. The van der Waals surface area contributed by atoms with Crippen LogP contribution in [0.2, 0.25) is 5.02 Å². The van der Waals surface area contributed by atoms with Crippen molar-refractivity contribution in [2.45, 2.75) is 24.6 Å². The number of aliphatic hydroxyl groups excluding tert-OH is 1. The van der Waals surface area contributed by atoms with Crippen molar-refractivity contribution in [1.29, 1.82) is 0 Å². The Kier molecular flexibility index (Phi) is 6.64. The standard InChI is InChI=1S/C25H19BrClF3N2O2/c1-15-20(17-9-11-18(27)12-10-17)21(24(34)31-13-5-8-19(33)23(31)26)32(22(15)25(28,29)30)14-16-6-3-2-4-7-16/h2-13,23,33H,14H2,1H3. The molecule has 1 N–H and O–H groups in total. The molecule has 1 unspecified atom stereocenters. The van der Waals surface area contributed by atoms with Crippen LogP contribution < -0.4 is 0 Å². The zero-order valence-corrected chi connectivity index (χ0v) is 20.2. The third-order valence-electron chi connectivity index (χ3n) is 5.53. The van der Waals surface area contributed by atoms with E-state index in [0.29, 0.717) is 16.1 Å². The molecule has 176 valence electrons. The van der Waals surface area contributed by atoms with Gasteiger partial charge in [0.1, 0.15) is 22.1 Å². The molecular formula is C25H19BrClF3N2O2. The molecule has 34 heavy (non-hydrogen) atoms. The van der Waals surface area contributed by atoms with Crippen molar-refractivity contribution in [1.82, 2.24) is 9.47 Å². The van der Waals surface area contributed by atoms with E-state index < -0.39 is 22.7 Å². The Labute approximate surface area is 207 Å². The average Bonchev–Trinajstić information content (AvgIpc) is 3.08. The van der Waals surface area contributed by atoms with Gasteiger partial charge in [0, 0.05) is 23.3 Å². The van der Waals surface area contributed by atoms with Crippen molar-refractivity contribution < 1.29 is 23.1 Å². The number of amides is 1. The smallest absolute Gasteiger partial charge is 0.431 e. The number of halogens is 5. The molecule has 0 saturated carbocycles. The van der Waals surface area contributed by atoms with Crippen LogP contribution in [0.3, 0.4) is 0 Å². The molecule has 1 amide bonds. The van der Waals surface area contributed by atoms with Crippen LogP contribution in [0.1, 0.15) is 27.3 Å². The highest BCUT2D eigenvalue weighted by molar-refractivity contribution is 9.09. The van der Waals surface area contributed by atoms with Crippen LogP contribution >= 0.6 is 27.5 Å². The minimum Gasteiger partial charge on any atom is -0.509 e. The van der Waals surface area contributed by atoms with Crippen LogP contribution in [0.4, 0.5) is 13.2 Å². The molecule has 0 saturated heterocycles. The molecule has 0 spiro atoms. The van der Waals surface area contributed by atoms with Crippen LogP contribution in [-0.2, 0) is 12.7 Å². The van der Waals surface area contributed by atoms with Crippen molar-refractivity contribution in [2.24, 2.45) is 0 Å². The number of alkyl halides is 4. The van der Waals surface area contributed by atoms with Gasteiger partial charge in [-0.25, -0.2) is 0 Å². The normalized spacial score (nSPS) is 16.0. The van der Waals surface area contributed by atoms with Gasteiger partial charge in [-0.2, -0.15) is 13.2 Å². The Morgan fingerprint density at radius 3 is 2.38 bits per heavy atom. The lowest BCUT2D eigenvalue weighted by Crippen LogP contribution is -2.36. The van der Waals surface area contributed by atoms with E-state index in [1.54, 1.807) is 54.6 Å². The van der Waals surface area contributed by atoms with E-state index in [4.69, 9.17) is 11.6 Å². The molecule has 0 bridgehead atoms. The number of hydrogen-bond acceptors (Lipinski definition) is 2. The lowest BCUT2D eigenvalue weighted by molar-refractivity contribution is -0.143. The fraction of sp³-hybridized carbons (Fsp3) is 0.160. The number of benzene rings is 2. The molecule has 1 aliphatic heterocycles. The minimum absolute atomic E-state index is 0.0685. The second-order valence-electron chi connectivity index (χ2n) is 7.75. The zero-order chi connectivity index (χ0) is 24.6. The summed E-state index contributed by atoms with van der Waals surface area (Å²) in [5.74, 6) is -0.838. The van der Waals surface area contributed by atoms with E-state index in [-0.39, 0.29) is 29.1 Å². The number of aliphatic hydroxyl groups is 1. The topological polar surface area (TPSA) is 45.5 Å². The Morgan fingerprint density at radius 2 is 1.76 bits per heavy atom. The maximum atomic E-state index is 14.4. The second-order valence-corrected chi connectivity index (χ2v) is 9.06. The van der Waals surface area contributed by atoms with Crippen molar-refractivity contribution in [3.8, 4) is 11.1 Å². The number of hydrogen-bond donors (Lipinski definition) is 1. The fourth-order valence-corrected chi connectivity index (χ4v) is 4.65. The predicted octanol–water partition coefficient (Wildman–Crippen LogP) is 7.32. The van der Waals surface area contributed by atoms with Gasteiger partial charge in [0.05, 0.1) is 0 Å². The molecule has 2 aromatic carbocycles. The molecule has 0 aliphatic carbocycles. The van der Waals surface area contributed by atoms with Crippen molar-refractivity contribution in [3.05, 3.63) is 106 Å². The first-order valence-corrected chi connectivity index (χ1v) is 11.5. The van der Waals surface area contributed by atoms with Crippen LogP contribution in [0.5, 0.6) is 0 Å². The molecule has 0 radical (unpaired) electrons. The maximum Gasteiger partial charge on any atom is 0.431 e. The summed E-state index contributed by atoms with van der Waals surface area (Å²) >= 11 is 9.26. The third-order valence-corrected chi connectivity index (χ3v) is 6.69. The summed E-state index contributed by atoms with van der Waals surface area (Å²) in [7, 11) is 0. The number of rotatable bonds is 4. The largest absolute Gasteiger partial charge is 0.509 e. The molecule has 1 aromatic heterocycles. The number of allylic oxidation sites excluding steroid dienone is 2. The molecule has 3 aromatic rings. The van der Waals surface area contributed by atoms with Crippen molar-refractivity contribution >= 4 is 33.4 Å². The number of aromatic nitrogens is 1. The van der Waals surface area contributed by atoms with E-state index in [9.17, 15) is 23.1 Å². The SMILES string of the molecule is Cc1c(-c2ccc(Cl)cc2)c(C(=O)N2C=CC=C(O)C2Br)n(Cc2ccccc2)c1C(F)(F)F. The van der Waals surface area contributed by atoms with Crippen LogP contribution in [0, 0.1) is 6.92 Å². The monoisotopic (exact) mass is 550 g/mol. The van der Waals surface area contributed by atoms with E-state index in [0.717, 1.165) is 9.47 Å². The molecule has 9 heteroatoms. The maximum absolute atomic E-state index is 14.4. The lowest BCUT2D eigenvalue weighted by atomic mass is 10.00. The van der Waals surface area contributed by atoms with Gasteiger partial charge in [-0.05, 0) is 47.9 Å². The number of carbonyl (C=O) groups excluding carboxylic acids is 1. The van der Waals surface area contributed by atoms with E-state index in [1.807, 2.05) is 0 Å². The summed E-state index contributed by atoms with van der Waals surface area (Å²) in [6.07, 6.45) is -0.449. The number of carbonyl (C=O) groups is 1. The molecule has 0 fully saturated rings. The molecule has 1 aliphatic rings. The van der Waals surface area contributed by atoms with Gasteiger partial charge < -0.3 is 9.67 Å². The first-order chi connectivity index (χ1) is 16.1. The van der Waals surface area contributed by atoms with Crippen LogP contribution in [0.15, 0.2) is 78.7 Å². The average molecular weight is 552 g/mol. The summed E-state index contributed by atoms with van der Waals surface area (Å²) in [5, 5.41) is 10.5. The summed E-state index contributed by atoms with van der Waals surface area (Å²) in [5.41, 5.74) is 0.0749. The van der Waals surface area contributed by atoms with Crippen LogP contribution in [0.25, 0.3) is 11.1 Å². The Hall–Kier alpha value is -2.97. The van der Waals surface area contributed by atoms with Gasteiger partial charge in [-0.1, -0.05) is 70.0 Å². The fourth-order valence-electron chi connectivity index (χ4n) is 4.05. The highest BCUT2D eigenvalue weighted by atomic mass is 79.9. The van der Waals surface area contributed by atoms with Crippen molar-refractivity contribution in [2.75, 3.05) is 0 Å². The summed E-state index contributed by atoms with van der Waals surface area (Å²) in [6.45, 7) is 1.19. The van der Waals surface area contributed by atoms with E-state index in [1.165, 1.54) is 25.3 Å². The molecule has 1 atom stereocenters. The molecule has 2 heterocycles. The Morgan fingerprint density at radius 1 is 1.12 bits per heavy atom. The first kappa shape index (κ1) is 24.2. The first-order valence-electron chi connectivity index (χ1n) is 10.2. The van der Waals surface area contributed by atoms with Gasteiger partial charge >= 0.3 is 6.18 Å². The lowest BCUT2D eigenvalue weighted by Gasteiger charge is -2.27. The van der Waals surface area contributed by atoms with Gasteiger partial charge in [0.15, 0.2) is 0 Å². The minimum atomic E-state index is -4.72. The summed E-state index contributed by atoms with van der Waals surface area (Å²) in [6, 6.07) is 14.9. The van der Waals surface area contributed by atoms with Gasteiger partial charge in [-0.3, -0.25) is 9.69 Å². The van der Waals surface area contributed by atoms with Gasteiger partial charge in [0.2, 0.25) is 0 Å². The second kappa shape index (κ2) is 9.35. The quantitative estimate of drug-likeness (QED) is 0.273. The highest BCUT2D eigenvalue weighted by Crippen LogP contribution is 2.42. The molecule has 4 nitrogen and oxygen atoms in total.